The number of hydrogen-bond donors (Lipinski definition) is 1. The van der Waals surface area contributed by atoms with Crippen molar-refractivity contribution in [2.24, 2.45) is 5.73 Å². The van der Waals surface area contributed by atoms with E-state index in [0.29, 0.717) is 0 Å². The van der Waals surface area contributed by atoms with Gasteiger partial charge in [0.1, 0.15) is 0 Å². The number of rotatable bonds is 3. The molecule has 11 heavy (non-hydrogen) atoms. The third kappa shape index (κ3) is 2.54. The molecule has 0 amide bonds. The quantitative estimate of drug-likeness (QED) is 0.662. The summed E-state index contributed by atoms with van der Waals surface area (Å²) in [5, 5.41) is 0. The average Bonchev–Trinajstić information content (AvgIpc) is 2.36. The summed E-state index contributed by atoms with van der Waals surface area (Å²) in [4.78, 5) is 0. The molecule has 0 saturated carbocycles. The van der Waals surface area contributed by atoms with E-state index in [1.807, 2.05) is 11.2 Å². The van der Waals surface area contributed by atoms with E-state index in [1.54, 1.807) is 0 Å². The van der Waals surface area contributed by atoms with Gasteiger partial charge in [-0.15, -0.1) is 0 Å². The van der Waals surface area contributed by atoms with Crippen molar-refractivity contribution in [3.8, 4) is 0 Å². The first-order valence-electron chi connectivity index (χ1n) is 4.13. The standard InChI is InChI=1S/C7H16N2OS/c1-2-5-11(10)9-4-3-7(8)6-9/h7H,2-6,8H2,1H3/t7-,11?/m0/s1. The van der Waals surface area contributed by atoms with Crippen LogP contribution in [0.1, 0.15) is 19.8 Å². The van der Waals surface area contributed by atoms with Gasteiger partial charge < -0.3 is 5.73 Å². The predicted octanol–water partition coefficient (Wildman–Crippen LogP) is 0.0931. The van der Waals surface area contributed by atoms with Crippen LogP contribution in [0.2, 0.25) is 0 Å². The van der Waals surface area contributed by atoms with Crippen LogP contribution < -0.4 is 5.73 Å². The summed E-state index contributed by atoms with van der Waals surface area (Å²) in [5.41, 5.74) is 5.68. The van der Waals surface area contributed by atoms with Crippen LogP contribution in [0.4, 0.5) is 0 Å². The molecule has 2 atom stereocenters. The first-order valence-corrected chi connectivity index (χ1v) is 5.40. The highest BCUT2D eigenvalue weighted by molar-refractivity contribution is 7.82. The Labute approximate surface area is 70.5 Å². The van der Waals surface area contributed by atoms with E-state index in [2.05, 4.69) is 0 Å². The zero-order chi connectivity index (χ0) is 8.27. The van der Waals surface area contributed by atoms with Crippen LogP contribution in [-0.2, 0) is 11.0 Å². The van der Waals surface area contributed by atoms with Crippen molar-refractivity contribution < 1.29 is 4.21 Å². The Balaban J connectivity index is 2.31. The first kappa shape index (κ1) is 9.16. The van der Waals surface area contributed by atoms with Gasteiger partial charge in [-0.3, -0.25) is 0 Å². The van der Waals surface area contributed by atoms with Gasteiger partial charge >= 0.3 is 0 Å². The van der Waals surface area contributed by atoms with Gasteiger partial charge in [0.05, 0.1) is 11.0 Å². The van der Waals surface area contributed by atoms with E-state index >= 15 is 0 Å². The highest BCUT2D eigenvalue weighted by Gasteiger charge is 2.22. The fourth-order valence-corrected chi connectivity index (χ4v) is 2.52. The molecule has 4 heteroatoms. The SMILES string of the molecule is CCCS(=O)N1CC[C@H](N)C1. The molecule has 1 unspecified atom stereocenters. The van der Waals surface area contributed by atoms with Crippen LogP contribution in [-0.4, -0.2) is 33.4 Å². The fraction of sp³-hybridized carbons (Fsp3) is 1.00. The molecule has 1 aliphatic heterocycles. The van der Waals surface area contributed by atoms with Crippen molar-refractivity contribution in [3.05, 3.63) is 0 Å². The monoisotopic (exact) mass is 176 g/mol. The summed E-state index contributed by atoms with van der Waals surface area (Å²) in [6, 6.07) is 0.246. The summed E-state index contributed by atoms with van der Waals surface area (Å²) >= 11 is 0. The molecule has 1 fully saturated rings. The maximum atomic E-state index is 11.4. The van der Waals surface area contributed by atoms with E-state index in [0.717, 1.165) is 31.7 Å². The van der Waals surface area contributed by atoms with Crippen LogP contribution in [0.5, 0.6) is 0 Å². The Morgan fingerprint density at radius 2 is 2.45 bits per heavy atom. The van der Waals surface area contributed by atoms with E-state index in [4.69, 9.17) is 5.73 Å². The summed E-state index contributed by atoms with van der Waals surface area (Å²) in [5.74, 6) is 0.784. The topological polar surface area (TPSA) is 46.3 Å². The predicted molar refractivity (Wildman–Crippen MR) is 47.5 cm³/mol. The number of hydrogen-bond acceptors (Lipinski definition) is 2. The molecule has 0 spiro atoms. The smallest absolute Gasteiger partial charge is 0.0942 e. The zero-order valence-corrected chi connectivity index (χ0v) is 7.77. The third-order valence-corrected chi connectivity index (χ3v) is 3.52. The molecule has 3 nitrogen and oxygen atoms in total. The van der Waals surface area contributed by atoms with Gasteiger partial charge in [-0.1, -0.05) is 6.92 Å². The van der Waals surface area contributed by atoms with Gasteiger partial charge in [0, 0.05) is 24.9 Å². The molecule has 0 bridgehead atoms. The molecule has 0 aliphatic carbocycles. The van der Waals surface area contributed by atoms with Crippen LogP contribution in [0, 0.1) is 0 Å². The molecular formula is C7H16N2OS. The normalized spacial score (nSPS) is 29.1. The molecule has 1 aliphatic rings. The second kappa shape index (κ2) is 4.18. The van der Waals surface area contributed by atoms with Gasteiger partial charge in [0.25, 0.3) is 0 Å². The Morgan fingerprint density at radius 1 is 1.73 bits per heavy atom. The van der Waals surface area contributed by atoms with Crippen molar-refractivity contribution in [3.63, 3.8) is 0 Å². The lowest BCUT2D eigenvalue weighted by Crippen LogP contribution is -2.29. The molecule has 0 radical (unpaired) electrons. The lowest BCUT2D eigenvalue weighted by molar-refractivity contribution is 0.526. The molecule has 1 saturated heterocycles. The van der Waals surface area contributed by atoms with Crippen molar-refractivity contribution in [1.82, 2.24) is 4.31 Å². The van der Waals surface area contributed by atoms with Crippen molar-refractivity contribution in [2.75, 3.05) is 18.8 Å². The molecule has 66 valence electrons. The van der Waals surface area contributed by atoms with Crippen LogP contribution in [0.25, 0.3) is 0 Å². The van der Waals surface area contributed by atoms with E-state index < -0.39 is 11.0 Å². The third-order valence-electron chi connectivity index (χ3n) is 1.85. The number of nitrogens with zero attached hydrogens (tertiary/aromatic N) is 1. The maximum Gasteiger partial charge on any atom is 0.0942 e. The van der Waals surface area contributed by atoms with Crippen molar-refractivity contribution >= 4 is 11.0 Å². The van der Waals surface area contributed by atoms with Crippen LogP contribution in [0.15, 0.2) is 0 Å². The Morgan fingerprint density at radius 3 is 2.91 bits per heavy atom. The average molecular weight is 176 g/mol. The molecule has 1 rings (SSSR count). The van der Waals surface area contributed by atoms with Crippen LogP contribution in [0.3, 0.4) is 0 Å². The minimum Gasteiger partial charge on any atom is -0.326 e. The fourth-order valence-electron chi connectivity index (χ4n) is 1.24. The minimum absolute atomic E-state index is 0.246. The lowest BCUT2D eigenvalue weighted by Gasteiger charge is -2.12. The summed E-state index contributed by atoms with van der Waals surface area (Å²) in [7, 11) is -0.763. The molecule has 2 N–H and O–H groups in total. The van der Waals surface area contributed by atoms with Gasteiger partial charge in [0.15, 0.2) is 0 Å². The summed E-state index contributed by atoms with van der Waals surface area (Å²) in [6.45, 7) is 3.77. The Hall–Kier alpha value is 0.0700. The lowest BCUT2D eigenvalue weighted by atomic mass is 10.3. The molecule has 0 aromatic heterocycles. The van der Waals surface area contributed by atoms with E-state index in [1.165, 1.54) is 0 Å². The van der Waals surface area contributed by atoms with Crippen molar-refractivity contribution in [2.45, 2.75) is 25.8 Å². The largest absolute Gasteiger partial charge is 0.326 e. The van der Waals surface area contributed by atoms with Gasteiger partial charge in [0.2, 0.25) is 0 Å². The zero-order valence-electron chi connectivity index (χ0n) is 6.95. The highest BCUT2D eigenvalue weighted by atomic mass is 32.2. The molecule has 0 aromatic carbocycles. The Bertz CT molecular complexity index is 151. The van der Waals surface area contributed by atoms with E-state index in [9.17, 15) is 4.21 Å². The molecule has 1 heterocycles. The first-order chi connectivity index (χ1) is 5.24. The summed E-state index contributed by atoms with van der Waals surface area (Å²) < 4.78 is 13.4. The molecule has 0 aromatic rings. The number of nitrogens with two attached hydrogens (primary N) is 1. The maximum absolute atomic E-state index is 11.4. The van der Waals surface area contributed by atoms with Crippen LogP contribution >= 0.6 is 0 Å². The van der Waals surface area contributed by atoms with Crippen molar-refractivity contribution in [1.29, 1.82) is 0 Å². The second-order valence-electron chi connectivity index (χ2n) is 2.96. The van der Waals surface area contributed by atoms with Gasteiger partial charge in [-0.05, 0) is 12.8 Å². The van der Waals surface area contributed by atoms with E-state index in [-0.39, 0.29) is 6.04 Å². The van der Waals surface area contributed by atoms with Gasteiger partial charge in [-0.2, -0.15) is 0 Å². The second-order valence-corrected chi connectivity index (χ2v) is 4.53. The molecular weight excluding hydrogens is 160 g/mol. The van der Waals surface area contributed by atoms with Gasteiger partial charge in [-0.25, -0.2) is 8.51 Å². The highest BCUT2D eigenvalue weighted by Crippen LogP contribution is 2.09. The summed E-state index contributed by atoms with van der Waals surface area (Å²) in [6.07, 6.45) is 1.98. The Kier molecular flexibility index (Phi) is 3.48. The minimum atomic E-state index is -0.763.